The van der Waals surface area contributed by atoms with Crippen molar-refractivity contribution in [3.8, 4) is 0 Å². The molecule has 0 spiro atoms. The lowest BCUT2D eigenvalue weighted by Gasteiger charge is -2.20. The van der Waals surface area contributed by atoms with Crippen LogP contribution in [0.15, 0.2) is 36.5 Å². The van der Waals surface area contributed by atoms with Crippen molar-refractivity contribution in [3.63, 3.8) is 0 Å². The molecule has 0 aromatic carbocycles. The summed E-state index contributed by atoms with van der Waals surface area (Å²) in [6.07, 6.45) is 68.8. The van der Waals surface area contributed by atoms with Crippen LogP contribution in [-0.2, 0) is 14.3 Å². The van der Waals surface area contributed by atoms with E-state index >= 15 is 0 Å². The molecular formula is C60H113NO5. The summed E-state index contributed by atoms with van der Waals surface area (Å²) >= 11 is 0. The highest BCUT2D eigenvalue weighted by Gasteiger charge is 2.18. The van der Waals surface area contributed by atoms with Crippen molar-refractivity contribution in [2.24, 2.45) is 0 Å². The molecule has 0 saturated carbocycles. The molecule has 388 valence electrons. The SMILES string of the molecule is CCCCC/C=C\CCCCCCCC(=O)OCCCCCCCCCC/C=C\CCCCCCCCCC(=O)NC(CO)C(O)/C=C/CCCCCCCCCCCCCCCCCC. The van der Waals surface area contributed by atoms with Crippen LogP contribution >= 0.6 is 0 Å². The van der Waals surface area contributed by atoms with Gasteiger partial charge >= 0.3 is 5.97 Å². The molecule has 0 heterocycles. The number of hydrogen-bond donors (Lipinski definition) is 3. The van der Waals surface area contributed by atoms with Crippen molar-refractivity contribution in [2.75, 3.05) is 13.2 Å². The van der Waals surface area contributed by atoms with Crippen molar-refractivity contribution in [3.05, 3.63) is 36.5 Å². The molecule has 2 atom stereocenters. The Morgan fingerprint density at radius 2 is 0.712 bits per heavy atom. The largest absolute Gasteiger partial charge is 0.466 e. The average molecular weight is 929 g/mol. The van der Waals surface area contributed by atoms with E-state index in [1.807, 2.05) is 6.08 Å². The number of esters is 1. The van der Waals surface area contributed by atoms with E-state index in [1.54, 1.807) is 6.08 Å². The normalized spacial score (nSPS) is 12.8. The minimum atomic E-state index is -0.851. The van der Waals surface area contributed by atoms with E-state index in [0.717, 1.165) is 51.4 Å². The average Bonchev–Trinajstić information content (AvgIpc) is 3.32. The van der Waals surface area contributed by atoms with Crippen LogP contribution < -0.4 is 5.32 Å². The number of ether oxygens (including phenoxy) is 1. The lowest BCUT2D eigenvalue weighted by Crippen LogP contribution is -2.45. The number of aliphatic hydroxyl groups is 2. The topological polar surface area (TPSA) is 95.9 Å². The lowest BCUT2D eigenvalue weighted by atomic mass is 10.0. The summed E-state index contributed by atoms with van der Waals surface area (Å²) in [5.41, 5.74) is 0. The molecular weight excluding hydrogens is 815 g/mol. The Hall–Kier alpha value is -1.92. The molecule has 0 aliphatic heterocycles. The Labute approximate surface area is 411 Å². The summed E-state index contributed by atoms with van der Waals surface area (Å²) in [6.45, 7) is 4.87. The number of carbonyl (C=O) groups is 2. The zero-order valence-electron chi connectivity index (χ0n) is 44.2. The van der Waals surface area contributed by atoms with E-state index in [1.165, 1.54) is 231 Å². The molecule has 66 heavy (non-hydrogen) atoms. The maximum Gasteiger partial charge on any atom is 0.305 e. The molecule has 6 nitrogen and oxygen atoms in total. The summed E-state index contributed by atoms with van der Waals surface area (Å²) in [5, 5.41) is 23.1. The molecule has 2 unspecified atom stereocenters. The number of unbranched alkanes of at least 4 members (excludes halogenated alkanes) is 39. The van der Waals surface area contributed by atoms with Gasteiger partial charge in [0.15, 0.2) is 0 Å². The Bertz CT molecular complexity index is 1070. The van der Waals surface area contributed by atoms with Gasteiger partial charge < -0.3 is 20.3 Å². The molecule has 6 heteroatoms. The standard InChI is InChI=1S/C60H113NO5/c1-3-5-7-9-11-13-15-17-18-19-23-26-29-32-36-40-44-48-52-58(63)57(56-62)61-59(64)53-49-45-41-37-33-30-27-24-21-20-22-25-28-31-35-39-43-47-51-55-66-60(65)54-50-46-42-38-34-16-14-12-10-8-6-4-2/h12,14,20-21,48,52,57-58,62-63H,3-11,13,15-19,22-47,49-51,53-56H2,1-2H3,(H,61,64)/b14-12-,21-20-,52-48+. The van der Waals surface area contributed by atoms with E-state index in [-0.39, 0.29) is 18.5 Å². The summed E-state index contributed by atoms with van der Waals surface area (Å²) in [4.78, 5) is 24.5. The first-order chi connectivity index (χ1) is 32.5. The fourth-order valence-electron chi connectivity index (χ4n) is 8.86. The second-order valence-corrected chi connectivity index (χ2v) is 20.0. The molecule has 1 amide bonds. The van der Waals surface area contributed by atoms with Gasteiger partial charge in [0.2, 0.25) is 5.91 Å². The first kappa shape index (κ1) is 64.1. The Morgan fingerprint density at radius 1 is 0.409 bits per heavy atom. The van der Waals surface area contributed by atoms with Gasteiger partial charge in [0, 0.05) is 12.8 Å². The van der Waals surface area contributed by atoms with E-state index in [0.29, 0.717) is 19.4 Å². The zero-order valence-corrected chi connectivity index (χ0v) is 44.2. The minimum Gasteiger partial charge on any atom is -0.466 e. The molecule has 0 bridgehead atoms. The fourth-order valence-corrected chi connectivity index (χ4v) is 8.86. The van der Waals surface area contributed by atoms with Crippen LogP contribution in [0.5, 0.6) is 0 Å². The van der Waals surface area contributed by atoms with Gasteiger partial charge in [-0.1, -0.05) is 249 Å². The van der Waals surface area contributed by atoms with Gasteiger partial charge in [-0.2, -0.15) is 0 Å². The van der Waals surface area contributed by atoms with Crippen LogP contribution in [0, 0.1) is 0 Å². The number of nitrogens with one attached hydrogen (secondary N) is 1. The molecule has 0 aromatic heterocycles. The lowest BCUT2D eigenvalue weighted by molar-refractivity contribution is -0.143. The summed E-state index contributed by atoms with van der Waals surface area (Å²) in [7, 11) is 0. The summed E-state index contributed by atoms with van der Waals surface area (Å²) < 4.78 is 5.45. The molecule has 0 aromatic rings. The van der Waals surface area contributed by atoms with Gasteiger partial charge in [-0.25, -0.2) is 0 Å². The van der Waals surface area contributed by atoms with Crippen molar-refractivity contribution in [2.45, 2.75) is 321 Å². The number of carbonyl (C=O) groups excluding carboxylic acids is 2. The van der Waals surface area contributed by atoms with Crippen LogP contribution in [0.3, 0.4) is 0 Å². The molecule has 0 aliphatic rings. The van der Waals surface area contributed by atoms with E-state index in [2.05, 4.69) is 43.5 Å². The highest BCUT2D eigenvalue weighted by atomic mass is 16.5. The Kier molecular flexibility index (Phi) is 54.1. The third-order valence-electron chi connectivity index (χ3n) is 13.4. The third-order valence-corrected chi connectivity index (χ3v) is 13.4. The highest BCUT2D eigenvalue weighted by Crippen LogP contribution is 2.16. The number of hydrogen-bond acceptors (Lipinski definition) is 5. The summed E-state index contributed by atoms with van der Waals surface area (Å²) in [6, 6.07) is -0.636. The van der Waals surface area contributed by atoms with E-state index < -0.39 is 12.1 Å². The van der Waals surface area contributed by atoms with Crippen molar-refractivity contribution in [1.29, 1.82) is 0 Å². The van der Waals surface area contributed by atoms with Crippen molar-refractivity contribution >= 4 is 11.9 Å². The van der Waals surface area contributed by atoms with E-state index in [9.17, 15) is 19.8 Å². The number of amides is 1. The molecule has 0 radical (unpaired) electrons. The van der Waals surface area contributed by atoms with Gasteiger partial charge in [0.25, 0.3) is 0 Å². The molecule has 0 fully saturated rings. The monoisotopic (exact) mass is 928 g/mol. The number of allylic oxidation sites excluding steroid dienone is 5. The van der Waals surface area contributed by atoms with Crippen molar-refractivity contribution < 1.29 is 24.5 Å². The minimum absolute atomic E-state index is 0.00708. The highest BCUT2D eigenvalue weighted by molar-refractivity contribution is 5.76. The van der Waals surface area contributed by atoms with Gasteiger partial charge in [0.05, 0.1) is 25.4 Å². The first-order valence-corrected chi connectivity index (χ1v) is 29.3. The van der Waals surface area contributed by atoms with Crippen LogP contribution in [0.1, 0.15) is 309 Å². The van der Waals surface area contributed by atoms with Crippen LogP contribution in [0.25, 0.3) is 0 Å². The predicted octanol–water partition coefficient (Wildman–Crippen LogP) is 18.0. The second kappa shape index (κ2) is 55.7. The maximum atomic E-state index is 12.5. The van der Waals surface area contributed by atoms with Gasteiger partial charge in [-0.15, -0.1) is 0 Å². The smallest absolute Gasteiger partial charge is 0.305 e. The number of rotatable bonds is 54. The summed E-state index contributed by atoms with van der Waals surface area (Å²) in [5.74, 6) is -0.0835. The van der Waals surface area contributed by atoms with Crippen LogP contribution in [0.4, 0.5) is 0 Å². The molecule has 0 aliphatic carbocycles. The first-order valence-electron chi connectivity index (χ1n) is 29.3. The van der Waals surface area contributed by atoms with Crippen LogP contribution in [-0.4, -0.2) is 47.4 Å². The van der Waals surface area contributed by atoms with Crippen LogP contribution in [0.2, 0.25) is 0 Å². The van der Waals surface area contributed by atoms with Gasteiger partial charge in [-0.05, 0) is 83.5 Å². The fraction of sp³-hybridized carbons (Fsp3) is 0.867. The molecule has 3 N–H and O–H groups in total. The van der Waals surface area contributed by atoms with Gasteiger partial charge in [-0.3, -0.25) is 9.59 Å². The number of aliphatic hydroxyl groups excluding tert-OH is 2. The zero-order chi connectivity index (χ0) is 47.9. The Balaban J connectivity index is 3.49. The maximum absolute atomic E-state index is 12.5. The van der Waals surface area contributed by atoms with E-state index in [4.69, 9.17) is 4.74 Å². The second-order valence-electron chi connectivity index (χ2n) is 20.0. The predicted molar refractivity (Wildman–Crippen MR) is 287 cm³/mol. The van der Waals surface area contributed by atoms with Crippen molar-refractivity contribution in [1.82, 2.24) is 5.32 Å². The quantitative estimate of drug-likeness (QED) is 0.0321. The third kappa shape index (κ3) is 51.5. The molecule has 0 saturated heterocycles. The molecule has 0 rings (SSSR count). The Morgan fingerprint density at radius 3 is 1.11 bits per heavy atom. The van der Waals surface area contributed by atoms with Gasteiger partial charge in [0.1, 0.15) is 0 Å².